The summed E-state index contributed by atoms with van der Waals surface area (Å²) in [6.07, 6.45) is 8.72. The third-order valence-corrected chi connectivity index (χ3v) is 27.2. The fourth-order valence-corrected chi connectivity index (χ4v) is 19.0. The Bertz CT molecular complexity index is 3130. The number of fused-ring (bicyclic) bond motifs is 9. The van der Waals surface area contributed by atoms with Gasteiger partial charge in [-0.05, 0) is 78.8 Å². The van der Waals surface area contributed by atoms with Crippen molar-refractivity contribution in [3.63, 3.8) is 0 Å². The van der Waals surface area contributed by atoms with Crippen LogP contribution in [0, 0.1) is 71.0 Å². The van der Waals surface area contributed by atoms with E-state index in [1.807, 2.05) is 74.5 Å². The van der Waals surface area contributed by atoms with Crippen LogP contribution in [0.1, 0.15) is 181 Å². The van der Waals surface area contributed by atoms with Gasteiger partial charge in [-0.25, -0.2) is 14.4 Å². The number of esters is 3. The van der Waals surface area contributed by atoms with Crippen molar-refractivity contribution in [2.24, 2.45) is 71.0 Å². The van der Waals surface area contributed by atoms with E-state index in [4.69, 9.17) is 14.2 Å². The summed E-state index contributed by atoms with van der Waals surface area (Å²) in [5.41, 5.74) is 0. The molecule has 6 bridgehead atoms. The van der Waals surface area contributed by atoms with Crippen molar-refractivity contribution < 1.29 is 86.1 Å². The second-order valence-corrected chi connectivity index (χ2v) is 38.5. The van der Waals surface area contributed by atoms with Crippen molar-refractivity contribution in [3.8, 4) is 0 Å². The molecule has 6 aliphatic heterocycles. The van der Waals surface area contributed by atoms with Crippen LogP contribution in [0.15, 0.2) is 36.5 Å². The van der Waals surface area contributed by atoms with Gasteiger partial charge in [-0.1, -0.05) is 144 Å². The summed E-state index contributed by atoms with van der Waals surface area (Å²) >= 11 is 8.45. The first-order chi connectivity index (χ1) is 50.9. The minimum Gasteiger partial charge on any atom is -0.456 e. The lowest BCUT2D eigenvalue weighted by molar-refractivity contribution is -0.154. The molecule has 0 radical (unpaired) electrons. The highest BCUT2D eigenvalue weighted by Crippen LogP contribution is 2.34. The fourth-order valence-electron chi connectivity index (χ4n) is 13.2. The minimum absolute atomic E-state index is 0.0185. The molecule has 6 rings (SSSR count). The number of carbonyl (C=O) groups excluding carboxylic acids is 15. The summed E-state index contributed by atoms with van der Waals surface area (Å²) in [6.45, 7) is 27.4. The molecule has 108 heavy (non-hydrogen) atoms. The Morgan fingerprint density at radius 3 is 0.861 bits per heavy atom. The minimum atomic E-state index is -1.02. The monoisotopic (exact) mass is 1620 g/mol. The number of carbonyl (C=O) groups is 15. The van der Waals surface area contributed by atoms with Crippen molar-refractivity contribution in [1.82, 2.24) is 31.9 Å². The number of nitrogens with one attached hydrogen (secondary N) is 6. The SMILES string of the molecule is CC1SC[C@H]2NC(=O)[C@@H](C(C)C)CC(=O)C[C@H](/C=C/CCS)OC(=O)[C@H](C(C)C)NC(=O)C1CC2=O.CC1SC[C@H]2NC(=O)[C@@H](C(C)C)CC(=O)C[C@H](/C=C/CCSSCC/C=C/[C@H]3CC(=O)C[C@H](C(C)C)C(=O)N[C@@H]4CSC(C)C(CC4=O)C(=O)N[C@@H](C(C)C)C(=O)O3)OC(=O)[C@H](C(C)C)NC(=O)C1CC2=O. The number of Topliss-reactive ketones (excluding diaryl/α,β-unsaturated/α-hetero) is 6. The number of hydrogen-bond donors (Lipinski definition) is 7. The molecule has 6 saturated heterocycles. The van der Waals surface area contributed by atoms with Crippen LogP contribution in [0.5, 0.6) is 0 Å². The maximum Gasteiger partial charge on any atom is 0.329 e. The molecule has 0 aliphatic carbocycles. The number of rotatable bonds is 18. The van der Waals surface area contributed by atoms with Crippen LogP contribution >= 0.6 is 69.5 Å². The van der Waals surface area contributed by atoms with Crippen LogP contribution in [0.3, 0.4) is 0 Å². The Hall–Kier alpha value is -5.43. The first-order valence-electron chi connectivity index (χ1n) is 38.2. The zero-order chi connectivity index (χ0) is 80.4. The first-order valence-corrected chi connectivity index (χ1v) is 44.4. The number of ether oxygens (including phenoxy) is 3. The fraction of sp³-hybridized carbons (Fsp3) is 0.731. The van der Waals surface area contributed by atoms with E-state index in [0.717, 1.165) is 0 Å². The zero-order valence-electron chi connectivity index (χ0n) is 65.4. The van der Waals surface area contributed by atoms with E-state index in [1.54, 1.807) is 87.4 Å². The molecule has 0 saturated carbocycles. The maximum atomic E-state index is 13.7. The maximum absolute atomic E-state index is 13.7. The molecule has 6 unspecified atom stereocenters. The van der Waals surface area contributed by atoms with E-state index >= 15 is 0 Å². The number of cyclic esters (lactones) is 3. The number of hydrogen-bond acceptors (Lipinski definition) is 24. The average molecular weight is 1620 g/mol. The molecule has 6 amide bonds. The number of thioether (sulfide) groups is 3. The van der Waals surface area contributed by atoms with Crippen molar-refractivity contribution in [2.75, 3.05) is 34.5 Å². The Labute approximate surface area is 664 Å². The summed E-state index contributed by atoms with van der Waals surface area (Å²) in [5.74, 6) is -8.72. The second kappa shape index (κ2) is 45.9. The quantitative estimate of drug-likeness (QED) is 0.0168. The van der Waals surface area contributed by atoms with Crippen LogP contribution in [-0.4, -0.2) is 193 Å². The van der Waals surface area contributed by atoms with Gasteiger partial charge in [0.05, 0.1) is 35.9 Å². The van der Waals surface area contributed by atoms with Gasteiger partial charge >= 0.3 is 17.9 Å². The molecular formula is C78H118N6O18S6. The summed E-state index contributed by atoms with van der Waals surface area (Å²) in [7, 11) is 3.21. The van der Waals surface area contributed by atoms with Crippen molar-refractivity contribution in [2.45, 2.75) is 251 Å². The van der Waals surface area contributed by atoms with Crippen LogP contribution in [-0.2, 0) is 86.1 Å². The molecule has 6 fully saturated rings. The third kappa shape index (κ3) is 29.6. The van der Waals surface area contributed by atoms with Crippen LogP contribution in [0.2, 0.25) is 0 Å². The van der Waals surface area contributed by atoms with Gasteiger partial charge in [-0.3, -0.25) is 57.5 Å². The molecule has 6 aliphatic rings. The van der Waals surface area contributed by atoms with Gasteiger partial charge in [0.2, 0.25) is 35.4 Å². The summed E-state index contributed by atoms with van der Waals surface area (Å²) < 4.78 is 17.6. The van der Waals surface area contributed by atoms with E-state index < -0.39 is 138 Å². The first kappa shape index (κ1) is 93.2. The lowest BCUT2D eigenvalue weighted by Gasteiger charge is -2.27. The molecular weight excluding hydrogens is 1500 g/mol. The molecule has 18 atom stereocenters. The highest BCUT2D eigenvalue weighted by Gasteiger charge is 2.44. The van der Waals surface area contributed by atoms with Gasteiger partial charge in [0, 0.05) is 120 Å². The molecule has 0 aromatic rings. The Morgan fingerprint density at radius 2 is 0.620 bits per heavy atom. The van der Waals surface area contributed by atoms with Crippen LogP contribution < -0.4 is 31.9 Å². The molecule has 6 heterocycles. The predicted molar refractivity (Wildman–Crippen MR) is 429 cm³/mol. The third-order valence-electron chi connectivity index (χ3n) is 20.3. The lowest BCUT2D eigenvalue weighted by atomic mass is 9.88. The van der Waals surface area contributed by atoms with Gasteiger partial charge < -0.3 is 46.1 Å². The second-order valence-electron chi connectivity index (χ2n) is 31.2. The zero-order valence-corrected chi connectivity index (χ0v) is 70.4. The Kier molecular flexibility index (Phi) is 39.6. The van der Waals surface area contributed by atoms with Crippen molar-refractivity contribution >= 4 is 158 Å². The van der Waals surface area contributed by atoms with Gasteiger partial charge in [0.1, 0.15) is 53.8 Å². The van der Waals surface area contributed by atoms with E-state index in [0.29, 0.717) is 53.8 Å². The molecule has 604 valence electrons. The van der Waals surface area contributed by atoms with E-state index in [1.165, 1.54) is 35.3 Å². The molecule has 0 aromatic heterocycles. The number of amides is 6. The highest BCUT2D eigenvalue weighted by atomic mass is 33.1. The van der Waals surface area contributed by atoms with E-state index in [2.05, 4.69) is 44.5 Å². The lowest BCUT2D eigenvalue weighted by Crippen LogP contribution is -2.50. The van der Waals surface area contributed by atoms with E-state index in [9.17, 15) is 71.9 Å². The predicted octanol–water partition coefficient (Wildman–Crippen LogP) is 8.77. The van der Waals surface area contributed by atoms with Crippen molar-refractivity contribution in [3.05, 3.63) is 36.5 Å². The molecule has 0 spiro atoms. The Balaban J connectivity index is 0.000000485. The average Bonchev–Trinajstić information content (AvgIpc) is 1.64. The molecule has 24 nitrogen and oxygen atoms in total. The summed E-state index contributed by atoms with van der Waals surface area (Å²) in [5, 5.41) is 16.3. The Morgan fingerprint density at radius 1 is 0.361 bits per heavy atom. The smallest absolute Gasteiger partial charge is 0.329 e. The topological polar surface area (TPSA) is 356 Å². The largest absolute Gasteiger partial charge is 0.456 e. The van der Waals surface area contributed by atoms with E-state index in [-0.39, 0.29) is 150 Å². The van der Waals surface area contributed by atoms with Crippen LogP contribution in [0.25, 0.3) is 0 Å². The van der Waals surface area contributed by atoms with Gasteiger partial charge in [-0.2, -0.15) is 47.9 Å². The van der Waals surface area contributed by atoms with Gasteiger partial charge in [0.15, 0.2) is 17.3 Å². The van der Waals surface area contributed by atoms with Crippen molar-refractivity contribution in [1.29, 1.82) is 0 Å². The van der Waals surface area contributed by atoms with Gasteiger partial charge in [-0.15, -0.1) is 0 Å². The molecule has 30 heteroatoms. The summed E-state index contributed by atoms with van der Waals surface area (Å²) in [4.78, 5) is 201. The van der Waals surface area contributed by atoms with Crippen LogP contribution in [0.4, 0.5) is 0 Å². The number of ketones is 6. The molecule has 0 aromatic carbocycles. The summed E-state index contributed by atoms with van der Waals surface area (Å²) in [6, 6.07) is -5.28. The highest BCUT2D eigenvalue weighted by molar-refractivity contribution is 8.76. The molecule has 6 N–H and O–H groups in total. The number of thiol groups is 1. The standard InChI is InChI=1S/C52H78N4O12S4.C26H40N2O6S2/c1-27(2)37-21-33(57)19-35(67-51(65)45(29(5)6)55-49(63)39-23-43(59)41(53-47(37)61)25-69-31(39)9)15-11-13-17-71-72-18-14-12-16-36-20-34(58)22-38(28(3)4)48(62)54-42-26-70-32(10)40(24-44(42)60)50(64)56-46(30(7)8)52(66)68-36;1-14(2)19-11-17(29)10-18(8-6-7-9-35)34-26(33)23(15(3)4)28-25(32)20-12-22(30)21(27-24(19)31)13-36-16(20)5/h11-12,15-16,27-32,35-42,45-46H,13-14,17-26H2,1-10H3,(H,53,61)(H,54,62)(H,55,63)(H,56,64);6,8,14-16,18-21,23,35H,7,9-13H2,1-5H3,(H,27,31)(H,28,32)/b15-11+,16-12+;8-6+/t31?,32?,35-,36-,37+,38+,39?,40?,41+,42+,45-,46-;16?,18-,19+,20?,21+,23-/m00/s1. The number of allylic oxidation sites excluding steroid dienone is 3. The normalized spacial score (nSPS) is 31.7. The van der Waals surface area contributed by atoms with Gasteiger partial charge in [0.25, 0.3) is 0 Å².